The largest absolute Gasteiger partial charge is 0.460 e. The molecule has 2 heterocycles. The first kappa shape index (κ1) is 24.3. The number of hydrogen-bond donors (Lipinski definition) is 3. The van der Waals surface area contributed by atoms with E-state index in [2.05, 4.69) is 0 Å². The molecule has 0 unspecified atom stereocenters. The summed E-state index contributed by atoms with van der Waals surface area (Å²) in [6, 6.07) is 0. The molecule has 0 radical (unpaired) electrons. The van der Waals surface area contributed by atoms with Crippen LogP contribution >= 0.6 is 0 Å². The number of epoxide rings is 1. The highest BCUT2D eigenvalue weighted by Gasteiger charge is 2.38. The van der Waals surface area contributed by atoms with E-state index < -0.39 is 18.3 Å². The Morgan fingerprint density at radius 2 is 1.73 bits per heavy atom. The molecule has 30 heavy (non-hydrogen) atoms. The van der Waals surface area contributed by atoms with Crippen LogP contribution < -0.4 is 0 Å². The standard InChI is InChI=1S/C24H34O6/c1-18-10-6-3-2-4-7-12-20(26)16-21(27)17-23-22(30-23)15-14-19(25)11-8-5-9-13-24(28)29-18/h2,4-5,7-9,12-15,18-23,25-27H,3,6,10-11,16-17H2,1H3/b4-2-,8-5-,12-7-,13-9-,15-14-/t18-,19+,20+,21-,22-,23+/m1/s1. The Balaban J connectivity index is 1.91. The fraction of sp³-hybridized carbons (Fsp3) is 0.542. The van der Waals surface area contributed by atoms with Crippen LogP contribution in [0.4, 0.5) is 0 Å². The normalized spacial score (nSPS) is 40.1. The third-order valence-electron chi connectivity index (χ3n) is 4.90. The molecule has 0 saturated carbocycles. The highest BCUT2D eigenvalue weighted by atomic mass is 16.6. The SMILES string of the molecule is C[C@@H]1CCC/C=C\C=C/[C@H](O)C[C@@H](O)C[C@@H]2O[C@@H]2/C=C\[C@@H](O)C/C=C\C=C/C(=O)O1. The molecule has 3 N–H and O–H groups in total. The third-order valence-corrected chi connectivity index (χ3v) is 4.90. The molecule has 0 aromatic heterocycles. The molecular formula is C24H34O6. The van der Waals surface area contributed by atoms with Crippen molar-refractivity contribution in [3.8, 4) is 0 Å². The summed E-state index contributed by atoms with van der Waals surface area (Å²) < 4.78 is 10.8. The summed E-state index contributed by atoms with van der Waals surface area (Å²) in [5, 5.41) is 30.1. The summed E-state index contributed by atoms with van der Waals surface area (Å²) in [6.07, 6.45) is 18.5. The molecule has 6 atom stereocenters. The van der Waals surface area contributed by atoms with Crippen LogP contribution in [0, 0.1) is 0 Å². The number of hydrogen-bond acceptors (Lipinski definition) is 6. The van der Waals surface area contributed by atoms with Gasteiger partial charge >= 0.3 is 5.97 Å². The van der Waals surface area contributed by atoms with Gasteiger partial charge in [0.15, 0.2) is 0 Å². The molecule has 6 heteroatoms. The summed E-state index contributed by atoms with van der Waals surface area (Å²) in [5.74, 6) is -0.381. The summed E-state index contributed by atoms with van der Waals surface area (Å²) in [5.41, 5.74) is 0. The van der Waals surface area contributed by atoms with Crippen molar-refractivity contribution in [3.63, 3.8) is 0 Å². The number of cyclic esters (lactones) is 1. The van der Waals surface area contributed by atoms with Gasteiger partial charge in [-0.05, 0) is 32.6 Å². The molecule has 0 aromatic carbocycles. The second-order valence-electron chi connectivity index (χ2n) is 7.80. The first-order valence-corrected chi connectivity index (χ1v) is 10.7. The molecule has 2 rings (SSSR count). The lowest BCUT2D eigenvalue weighted by Gasteiger charge is -2.11. The van der Waals surface area contributed by atoms with Gasteiger partial charge in [0, 0.05) is 18.9 Å². The minimum atomic E-state index is -0.718. The molecule has 1 fully saturated rings. The minimum absolute atomic E-state index is 0.0862. The molecule has 2 aliphatic heterocycles. The molecule has 0 aromatic rings. The van der Waals surface area contributed by atoms with Gasteiger partial charge in [0.05, 0.1) is 30.5 Å². The van der Waals surface area contributed by atoms with Crippen LogP contribution in [-0.4, -0.2) is 57.9 Å². The maximum atomic E-state index is 11.8. The Kier molecular flexibility index (Phi) is 10.8. The first-order chi connectivity index (χ1) is 14.4. The van der Waals surface area contributed by atoms with Gasteiger partial charge in [0.2, 0.25) is 0 Å². The topological polar surface area (TPSA) is 99.5 Å². The molecule has 0 aliphatic carbocycles. The maximum Gasteiger partial charge on any atom is 0.331 e. The van der Waals surface area contributed by atoms with Crippen LogP contribution in [0.2, 0.25) is 0 Å². The van der Waals surface area contributed by atoms with Gasteiger partial charge in [0.1, 0.15) is 6.10 Å². The average molecular weight is 419 g/mol. The second kappa shape index (κ2) is 13.3. The first-order valence-electron chi connectivity index (χ1n) is 10.7. The molecule has 0 spiro atoms. The van der Waals surface area contributed by atoms with E-state index in [9.17, 15) is 20.1 Å². The van der Waals surface area contributed by atoms with Crippen molar-refractivity contribution in [2.45, 2.75) is 82.1 Å². The van der Waals surface area contributed by atoms with Crippen LogP contribution in [0.5, 0.6) is 0 Å². The predicted molar refractivity (Wildman–Crippen MR) is 116 cm³/mol. The Hall–Kier alpha value is -1.99. The number of aliphatic hydroxyl groups is 3. The number of esters is 1. The van der Waals surface area contributed by atoms with Crippen molar-refractivity contribution in [3.05, 3.63) is 60.8 Å². The summed E-state index contributed by atoms with van der Waals surface area (Å²) in [6.45, 7) is 1.87. The highest BCUT2D eigenvalue weighted by molar-refractivity contribution is 5.82. The van der Waals surface area contributed by atoms with Crippen LogP contribution in [0.3, 0.4) is 0 Å². The molecule has 6 nitrogen and oxygen atoms in total. The number of carbonyl (C=O) groups is 1. The highest BCUT2D eigenvalue weighted by Crippen LogP contribution is 2.29. The molecular weight excluding hydrogens is 384 g/mol. The predicted octanol–water partition coefficient (Wildman–Crippen LogP) is 2.90. The molecule has 2 aliphatic rings. The minimum Gasteiger partial charge on any atom is -0.460 e. The number of aliphatic hydroxyl groups excluding tert-OH is 3. The van der Waals surface area contributed by atoms with Crippen molar-refractivity contribution in [2.24, 2.45) is 0 Å². The molecule has 0 amide bonds. The van der Waals surface area contributed by atoms with Crippen molar-refractivity contribution in [1.82, 2.24) is 0 Å². The number of fused-ring (bicyclic) bond motifs is 1. The Morgan fingerprint density at radius 3 is 2.57 bits per heavy atom. The Morgan fingerprint density at radius 1 is 0.933 bits per heavy atom. The smallest absolute Gasteiger partial charge is 0.331 e. The van der Waals surface area contributed by atoms with Crippen LogP contribution in [0.15, 0.2) is 60.8 Å². The third kappa shape index (κ3) is 10.7. The molecule has 1 saturated heterocycles. The van der Waals surface area contributed by atoms with E-state index in [-0.39, 0.29) is 30.7 Å². The summed E-state index contributed by atoms with van der Waals surface area (Å²) in [7, 11) is 0. The van der Waals surface area contributed by atoms with Gasteiger partial charge in [-0.1, -0.05) is 54.7 Å². The van der Waals surface area contributed by atoms with Gasteiger partial charge < -0.3 is 24.8 Å². The summed E-state index contributed by atoms with van der Waals surface area (Å²) >= 11 is 0. The van der Waals surface area contributed by atoms with Gasteiger partial charge in [-0.2, -0.15) is 0 Å². The van der Waals surface area contributed by atoms with Crippen LogP contribution in [0.25, 0.3) is 0 Å². The molecule has 0 bridgehead atoms. The van der Waals surface area contributed by atoms with Crippen molar-refractivity contribution < 1.29 is 29.6 Å². The number of ether oxygens (including phenoxy) is 2. The zero-order valence-electron chi connectivity index (χ0n) is 17.5. The second-order valence-corrected chi connectivity index (χ2v) is 7.80. The number of rotatable bonds is 0. The van der Waals surface area contributed by atoms with Crippen molar-refractivity contribution in [1.29, 1.82) is 0 Å². The lowest BCUT2D eigenvalue weighted by molar-refractivity contribution is -0.142. The van der Waals surface area contributed by atoms with E-state index in [1.54, 1.807) is 42.5 Å². The van der Waals surface area contributed by atoms with Gasteiger partial charge in [-0.15, -0.1) is 0 Å². The van der Waals surface area contributed by atoms with Gasteiger partial charge in [-0.25, -0.2) is 4.79 Å². The Bertz CT molecular complexity index is 663. The van der Waals surface area contributed by atoms with Crippen molar-refractivity contribution >= 4 is 5.97 Å². The number of carbonyl (C=O) groups excluding carboxylic acids is 1. The average Bonchev–Trinajstić information content (AvgIpc) is 3.42. The van der Waals surface area contributed by atoms with E-state index in [1.807, 2.05) is 19.1 Å². The fourth-order valence-corrected chi connectivity index (χ4v) is 3.17. The number of allylic oxidation sites excluding steroid dienone is 5. The van der Waals surface area contributed by atoms with Crippen LogP contribution in [-0.2, 0) is 14.3 Å². The van der Waals surface area contributed by atoms with Crippen LogP contribution in [0.1, 0.15) is 45.4 Å². The zero-order valence-corrected chi connectivity index (χ0v) is 17.5. The Labute approximate surface area is 178 Å². The lowest BCUT2D eigenvalue weighted by atomic mass is 10.0. The van der Waals surface area contributed by atoms with Gasteiger partial charge in [0.25, 0.3) is 0 Å². The quantitative estimate of drug-likeness (QED) is 0.318. The van der Waals surface area contributed by atoms with E-state index in [0.717, 1.165) is 19.3 Å². The lowest BCUT2D eigenvalue weighted by Crippen LogP contribution is -2.18. The fourth-order valence-electron chi connectivity index (χ4n) is 3.17. The monoisotopic (exact) mass is 418 g/mol. The van der Waals surface area contributed by atoms with E-state index in [1.165, 1.54) is 6.08 Å². The maximum absolute atomic E-state index is 11.8. The van der Waals surface area contributed by atoms with E-state index >= 15 is 0 Å². The van der Waals surface area contributed by atoms with Gasteiger partial charge in [-0.3, -0.25) is 0 Å². The van der Waals surface area contributed by atoms with E-state index in [0.29, 0.717) is 12.8 Å². The summed E-state index contributed by atoms with van der Waals surface area (Å²) in [4.78, 5) is 11.8. The molecule has 166 valence electrons. The zero-order chi connectivity index (χ0) is 21.8. The van der Waals surface area contributed by atoms with E-state index in [4.69, 9.17) is 9.47 Å². The van der Waals surface area contributed by atoms with Crippen molar-refractivity contribution in [2.75, 3.05) is 0 Å².